The lowest BCUT2D eigenvalue weighted by Gasteiger charge is -2.28. The first-order chi connectivity index (χ1) is 19.4. The molecular formula is C30H28Cl2F3NO5. The zero-order chi connectivity index (χ0) is 29.7. The number of hydrogen-bond acceptors (Lipinski definition) is 5. The van der Waals surface area contributed by atoms with E-state index in [1.807, 2.05) is 24.3 Å². The molecule has 0 amide bonds. The fourth-order valence-corrected chi connectivity index (χ4v) is 5.70. The Bertz CT molecular complexity index is 1410. The summed E-state index contributed by atoms with van der Waals surface area (Å²) in [5.41, 5.74) is 1.18. The average Bonchev–Trinajstić information content (AvgIpc) is 3.35. The van der Waals surface area contributed by atoms with Gasteiger partial charge in [0.2, 0.25) is 11.7 Å². The molecule has 11 heteroatoms. The minimum atomic E-state index is -4.95. The molecule has 0 unspecified atom stereocenters. The molecule has 1 heterocycles. The normalized spacial score (nSPS) is 17.4. The maximum absolute atomic E-state index is 13.6. The monoisotopic (exact) mass is 609 g/mol. The van der Waals surface area contributed by atoms with Crippen LogP contribution in [-0.4, -0.2) is 27.6 Å². The molecular weight excluding hydrogens is 582 g/mol. The number of alkyl halides is 3. The summed E-state index contributed by atoms with van der Waals surface area (Å²) >= 11 is 11.9. The smallest absolute Gasteiger partial charge is 0.452 e. The van der Waals surface area contributed by atoms with Gasteiger partial charge in [-0.1, -0.05) is 47.5 Å². The maximum atomic E-state index is 13.6. The molecule has 0 spiro atoms. The molecule has 1 saturated carbocycles. The van der Waals surface area contributed by atoms with Crippen molar-refractivity contribution in [1.82, 2.24) is 4.98 Å². The summed E-state index contributed by atoms with van der Waals surface area (Å²) < 4.78 is 45.7. The van der Waals surface area contributed by atoms with Crippen molar-refractivity contribution >= 4 is 40.7 Å². The highest BCUT2D eigenvalue weighted by molar-refractivity contribution is 6.36. The number of oxazole rings is 1. The van der Waals surface area contributed by atoms with E-state index in [0.717, 1.165) is 36.8 Å². The molecule has 0 saturated heterocycles. The van der Waals surface area contributed by atoms with Crippen molar-refractivity contribution in [1.29, 1.82) is 0 Å². The lowest BCUT2D eigenvalue weighted by Crippen LogP contribution is -2.16. The van der Waals surface area contributed by atoms with Crippen molar-refractivity contribution in [2.24, 2.45) is 5.92 Å². The van der Waals surface area contributed by atoms with Crippen LogP contribution in [0, 0.1) is 5.92 Å². The summed E-state index contributed by atoms with van der Waals surface area (Å²) in [4.78, 5) is 39.9. The Balaban J connectivity index is 1.30. The maximum Gasteiger partial charge on any atom is 0.452 e. The van der Waals surface area contributed by atoms with E-state index in [1.54, 1.807) is 0 Å². The fraction of sp³-hybridized carbons (Fsp3) is 0.400. The summed E-state index contributed by atoms with van der Waals surface area (Å²) in [7, 11) is 0. The quantitative estimate of drug-likeness (QED) is 0.219. The van der Waals surface area contributed by atoms with Crippen LogP contribution in [0.5, 0.6) is 0 Å². The van der Waals surface area contributed by atoms with Gasteiger partial charge in [0, 0.05) is 30.7 Å². The second-order valence-corrected chi connectivity index (χ2v) is 11.2. The molecule has 2 aromatic carbocycles. The van der Waals surface area contributed by atoms with E-state index < -0.39 is 35.3 Å². The minimum absolute atomic E-state index is 0.0215. The van der Waals surface area contributed by atoms with Gasteiger partial charge in [-0.15, -0.1) is 0 Å². The van der Waals surface area contributed by atoms with Crippen LogP contribution in [0.1, 0.15) is 84.7 Å². The van der Waals surface area contributed by atoms with E-state index in [1.165, 1.54) is 18.2 Å². The number of Topliss-reactive ketones (excluding diaryl/α,β-unsaturated/α-hetero) is 2. The van der Waals surface area contributed by atoms with Crippen LogP contribution in [0.25, 0.3) is 11.5 Å². The van der Waals surface area contributed by atoms with Crippen LogP contribution in [0.2, 0.25) is 10.0 Å². The molecule has 3 aromatic rings. The number of carboxylic acids is 1. The van der Waals surface area contributed by atoms with E-state index in [2.05, 4.69) is 4.98 Å². The second kappa shape index (κ2) is 13.2. The van der Waals surface area contributed by atoms with Gasteiger partial charge in [-0.2, -0.15) is 13.2 Å². The van der Waals surface area contributed by atoms with Gasteiger partial charge in [-0.25, -0.2) is 4.98 Å². The molecule has 0 radical (unpaired) electrons. The number of aromatic nitrogens is 1. The highest BCUT2D eigenvalue weighted by Gasteiger charge is 2.41. The Hall–Kier alpha value is -3.17. The number of hydrogen-bond donors (Lipinski definition) is 1. The van der Waals surface area contributed by atoms with Crippen molar-refractivity contribution in [2.45, 2.75) is 69.9 Å². The first-order valence-corrected chi connectivity index (χ1v) is 14.0. The van der Waals surface area contributed by atoms with Gasteiger partial charge >= 0.3 is 12.1 Å². The Morgan fingerprint density at radius 3 is 2.27 bits per heavy atom. The van der Waals surface area contributed by atoms with Crippen LogP contribution in [-0.2, 0) is 22.2 Å². The molecule has 1 aliphatic rings. The number of halogens is 5. The van der Waals surface area contributed by atoms with Crippen LogP contribution < -0.4 is 0 Å². The molecule has 1 aliphatic carbocycles. The highest BCUT2D eigenvalue weighted by Crippen LogP contribution is 2.39. The van der Waals surface area contributed by atoms with Gasteiger partial charge in [-0.05, 0) is 73.3 Å². The molecule has 218 valence electrons. The predicted octanol–water partition coefficient (Wildman–Crippen LogP) is 8.58. The van der Waals surface area contributed by atoms with E-state index >= 15 is 0 Å². The van der Waals surface area contributed by atoms with Gasteiger partial charge in [0.05, 0.1) is 10.6 Å². The zero-order valence-corrected chi connectivity index (χ0v) is 23.5. The number of benzene rings is 2. The van der Waals surface area contributed by atoms with Crippen LogP contribution >= 0.6 is 23.2 Å². The van der Waals surface area contributed by atoms with Crippen LogP contribution in [0.15, 0.2) is 46.9 Å². The zero-order valence-electron chi connectivity index (χ0n) is 22.0. The van der Waals surface area contributed by atoms with Gasteiger partial charge in [-0.3, -0.25) is 14.4 Å². The summed E-state index contributed by atoms with van der Waals surface area (Å²) in [5.74, 6) is -3.14. The highest BCUT2D eigenvalue weighted by atomic mass is 35.5. The van der Waals surface area contributed by atoms with E-state index in [0.29, 0.717) is 5.92 Å². The molecule has 4 rings (SSSR count). The molecule has 41 heavy (non-hydrogen) atoms. The van der Waals surface area contributed by atoms with Gasteiger partial charge in [0.25, 0.3) is 0 Å². The van der Waals surface area contributed by atoms with Gasteiger partial charge in [0.1, 0.15) is 5.78 Å². The first-order valence-electron chi connectivity index (χ1n) is 13.3. The van der Waals surface area contributed by atoms with Crippen molar-refractivity contribution in [3.8, 4) is 11.5 Å². The summed E-state index contributed by atoms with van der Waals surface area (Å²) in [6, 6.07) is 11.8. The Kier molecular flexibility index (Phi) is 9.92. The average molecular weight is 610 g/mol. The molecule has 0 atom stereocenters. The molecule has 1 N–H and O–H groups in total. The first kappa shape index (κ1) is 30.8. The third-order valence-electron chi connectivity index (χ3n) is 7.33. The lowest BCUT2D eigenvalue weighted by molar-refractivity contribution is -0.153. The Morgan fingerprint density at radius 1 is 0.976 bits per heavy atom. The number of ketones is 2. The Morgan fingerprint density at radius 2 is 1.66 bits per heavy atom. The SMILES string of the molecule is O=C(O)CC1CCC(c2ccc(CC(=O)CCCC(=O)c3nc(-c4ccc(Cl)cc4Cl)oc3C(F)(F)F)cc2)CC1. The number of rotatable bonds is 11. The second-order valence-electron chi connectivity index (χ2n) is 10.4. The number of carboxylic acid groups (broad SMARTS) is 1. The third kappa shape index (κ3) is 8.20. The summed E-state index contributed by atoms with van der Waals surface area (Å²) in [6.45, 7) is 0. The van der Waals surface area contributed by atoms with Gasteiger partial charge in [0.15, 0.2) is 11.5 Å². The third-order valence-corrected chi connectivity index (χ3v) is 7.88. The van der Waals surface area contributed by atoms with Crippen molar-refractivity contribution < 1.29 is 37.1 Å². The van der Waals surface area contributed by atoms with Crippen LogP contribution in [0.4, 0.5) is 13.2 Å². The number of carbonyl (C=O) groups excluding carboxylic acids is 2. The number of aliphatic carboxylic acids is 1. The summed E-state index contributed by atoms with van der Waals surface area (Å²) in [5, 5.41) is 9.28. The largest absolute Gasteiger partial charge is 0.481 e. The van der Waals surface area contributed by atoms with Crippen molar-refractivity contribution in [2.75, 3.05) is 0 Å². The number of nitrogens with zero attached hydrogens (tertiary/aromatic N) is 1. The fourth-order valence-electron chi connectivity index (χ4n) is 5.21. The van der Waals surface area contributed by atoms with Crippen molar-refractivity contribution in [3.05, 3.63) is 75.1 Å². The van der Waals surface area contributed by atoms with Crippen molar-refractivity contribution in [3.63, 3.8) is 0 Å². The molecule has 1 fully saturated rings. The minimum Gasteiger partial charge on any atom is -0.481 e. The molecule has 1 aromatic heterocycles. The molecule has 6 nitrogen and oxygen atoms in total. The standard InChI is InChI=1S/C30H28Cl2F3NO5/c31-21-12-13-23(24(32)16-21)29-36-27(28(41-29)30(33,34)35)25(38)3-1-2-22(37)14-17-4-8-19(9-5-17)20-10-6-18(7-11-20)15-26(39)40/h4-5,8-9,12-13,16,18,20H,1-3,6-7,10-11,14-15H2,(H,39,40). The Labute approximate surface area is 244 Å². The summed E-state index contributed by atoms with van der Waals surface area (Å²) in [6.07, 6.45) is -1.19. The number of carbonyl (C=O) groups is 3. The van der Waals surface area contributed by atoms with E-state index in [4.69, 9.17) is 32.7 Å². The molecule has 0 bridgehead atoms. The van der Waals surface area contributed by atoms with E-state index in [-0.39, 0.29) is 59.4 Å². The van der Waals surface area contributed by atoms with Crippen LogP contribution in [0.3, 0.4) is 0 Å². The predicted molar refractivity (Wildman–Crippen MR) is 147 cm³/mol. The topological polar surface area (TPSA) is 97.5 Å². The van der Waals surface area contributed by atoms with E-state index in [9.17, 15) is 27.6 Å². The molecule has 0 aliphatic heterocycles. The van der Waals surface area contributed by atoms with Gasteiger partial charge < -0.3 is 9.52 Å². The lowest BCUT2D eigenvalue weighted by atomic mass is 9.77.